The van der Waals surface area contributed by atoms with Gasteiger partial charge in [0, 0.05) is 22.3 Å². The molecule has 0 aliphatic carbocycles. The molecule has 0 fully saturated rings. The topological polar surface area (TPSA) is 43.4 Å². The molecule has 3 heteroatoms. The molecule has 0 saturated heterocycles. The summed E-state index contributed by atoms with van der Waals surface area (Å²) in [5.74, 6) is 1.29. The molecule has 0 bridgehead atoms. The van der Waals surface area contributed by atoms with Crippen molar-refractivity contribution in [1.82, 2.24) is 0 Å². The summed E-state index contributed by atoms with van der Waals surface area (Å²) in [5.41, 5.74) is 2.77. The summed E-state index contributed by atoms with van der Waals surface area (Å²) in [6.07, 6.45) is 3.21. The lowest BCUT2D eigenvalue weighted by Crippen LogP contribution is -2.05. The summed E-state index contributed by atoms with van der Waals surface area (Å²) in [7, 11) is 0. The third-order valence-corrected chi connectivity index (χ3v) is 3.92. The third kappa shape index (κ3) is 2.46. The Labute approximate surface area is 139 Å². The minimum Gasteiger partial charge on any atom is -0.464 e. The molecular formula is C21H14O3. The number of ketones is 1. The van der Waals surface area contributed by atoms with Gasteiger partial charge in [0.05, 0.1) is 12.5 Å². The van der Waals surface area contributed by atoms with Gasteiger partial charge < -0.3 is 8.83 Å². The zero-order chi connectivity index (χ0) is 16.4. The molecule has 0 saturated carbocycles. The van der Waals surface area contributed by atoms with Crippen molar-refractivity contribution in [3.05, 3.63) is 96.4 Å². The quantitative estimate of drug-likeness (QED) is 0.471. The third-order valence-electron chi connectivity index (χ3n) is 3.92. The van der Waals surface area contributed by atoms with Crippen molar-refractivity contribution in [2.75, 3.05) is 0 Å². The van der Waals surface area contributed by atoms with E-state index >= 15 is 0 Å². The highest BCUT2D eigenvalue weighted by atomic mass is 16.3. The lowest BCUT2D eigenvalue weighted by Gasteiger charge is -2.09. The van der Waals surface area contributed by atoms with Gasteiger partial charge in [-0.1, -0.05) is 48.5 Å². The fourth-order valence-electron chi connectivity index (χ4n) is 2.80. The molecule has 24 heavy (non-hydrogen) atoms. The highest BCUT2D eigenvalue weighted by Gasteiger charge is 2.19. The van der Waals surface area contributed by atoms with E-state index < -0.39 is 0 Å². The van der Waals surface area contributed by atoms with Crippen LogP contribution in [0.3, 0.4) is 0 Å². The van der Waals surface area contributed by atoms with Crippen LogP contribution in [-0.4, -0.2) is 5.78 Å². The number of carbonyl (C=O) groups is 1. The summed E-state index contributed by atoms with van der Waals surface area (Å²) in [6.45, 7) is 0. The van der Waals surface area contributed by atoms with Crippen molar-refractivity contribution >= 4 is 5.78 Å². The Hall–Kier alpha value is -3.33. The first-order chi connectivity index (χ1) is 11.8. The second-order valence-corrected chi connectivity index (χ2v) is 5.37. The minimum absolute atomic E-state index is 0.0611. The normalized spacial score (nSPS) is 10.7. The molecule has 2 aromatic carbocycles. The van der Waals surface area contributed by atoms with Crippen molar-refractivity contribution in [1.29, 1.82) is 0 Å². The van der Waals surface area contributed by atoms with Gasteiger partial charge in [-0.3, -0.25) is 4.79 Å². The summed E-state index contributed by atoms with van der Waals surface area (Å²) in [6, 6.07) is 22.3. The number of rotatable bonds is 4. The molecule has 0 unspecified atom stereocenters. The summed E-state index contributed by atoms with van der Waals surface area (Å²) >= 11 is 0. The fourth-order valence-corrected chi connectivity index (χ4v) is 2.80. The Balaban J connectivity index is 1.85. The van der Waals surface area contributed by atoms with Crippen LogP contribution >= 0.6 is 0 Å². The molecule has 0 aliphatic heterocycles. The van der Waals surface area contributed by atoms with Gasteiger partial charge in [-0.25, -0.2) is 0 Å². The van der Waals surface area contributed by atoms with Gasteiger partial charge in [0.25, 0.3) is 0 Å². The predicted molar refractivity (Wildman–Crippen MR) is 91.7 cm³/mol. The molecule has 116 valence electrons. The average molecular weight is 314 g/mol. The number of hydrogen-bond acceptors (Lipinski definition) is 3. The van der Waals surface area contributed by atoms with Gasteiger partial charge >= 0.3 is 0 Å². The Kier molecular flexibility index (Phi) is 3.60. The highest BCUT2D eigenvalue weighted by Crippen LogP contribution is 2.30. The van der Waals surface area contributed by atoms with E-state index in [0.717, 1.165) is 11.1 Å². The number of carbonyl (C=O) groups excluding carboxylic acids is 1. The van der Waals surface area contributed by atoms with Crippen molar-refractivity contribution in [3.63, 3.8) is 0 Å². The van der Waals surface area contributed by atoms with Crippen LogP contribution in [-0.2, 0) is 0 Å². The number of benzene rings is 2. The van der Waals surface area contributed by atoms with Crippen LogP contribution in [0, 0.1) is 0 Å². The summed E-state index contributed by atoms with van der Waals surface area (Å²) < 4.78 is 11.0. The molecule has 0 amide bonds. The predicted octanol–water partition coefficient (Wildman–Crippen LogP) is 5.44. The Bertz CT molecular complexity index is 884. The summed E-state index contributed by atoms with van der Waals surface area (Å²) in [4.78, 5) is 13.2. The lowest BCUT2D eigenvalue weighted by molar-refractivity contribution is 0.103. The van der Waals surface area contributed by atoms with Gasteiger partial charge in [0.1, 0.15) is 11.5 Å². The highest BCUT2D eigenvalue weighted by molar-refractivity contribution is 6.15. The van der Waals surface area contributed by atoms with Crippen molar-refractivity contribution in [2.45, 2.75) is 0 Å². The van der Waals surface area contributed by atoms with Crippen LogP contribution in [0.1, 0.15) is 15.9 Å². The molecule has 0 aliphatic rings. The molecule has 4 rings (SSSR count). The van der Waals surface area contributed by atoms with Gasteiger partial charge in [0.2, 0.25) is 0 Å². The average Bonchev–Trinajstić information content (AvgIpc) is 3.35. The first-order valence-electron chi connectivity index (χ1n) is 7.65. The molecule has 3 nitrogen and oxygen atoms in total. The maximum Gasteiger partial charge on any atom is 0.194 e. The van der Waals surface area contributed by atoms with Crippen LogP contribution in [0.25, 0.3) is 22.6 Å². The van der Waals surface area contributed by atoms with E-state index in [1.54, 1.807) is 12.5 Å². The van der Waals surface area contributed by atoms with Crippen molar-refractivity contribution in [3.8, 4) is 22.6 Å². The van der Waals surface area contributed by atoms with E-state index in [9.17, 15) is 4.79 Å². The summed E-state index contributed by atoms with van der Waals surface area (Å²) in [5, 5.41) is 0. The van der Waals surface area contributed by atoms with E-state index in [-0.39, 0.29) is 5.78 Å². The molecule has 0 atom stereocenters. The van der Waals surface area contributed by atoms with E-state index in [1.165, 1.54) is 0 Å². The lowest BCUT2D eigenvalue weighted by atomic mass is 9.93. The number of hydrogen-bond donors (Lipinski definition) is 0. The maximum atomic E-state index is 13.2. The zero-order valence-corrected chi connectivity index (χ0v) is 12.8. The Morgan fingerprint density at radius 3 is 1.46 bits per heavy atom. The van der Waals surface area contributed by atoms with Gasteiger partial charge in [0.15, 0.2) is 5.78 Å². The number of furan rings is 2. The first-order valence-corrected chi connectivity index (χ1v) is 7.65. The minimum atomic E-state index is -0.0611. The first kappa shape index (κ1) is 14.3. The van der Waals surface area contributed by atoms with Crippen LogP contribution in [0.2, 0.25) is 0 Å². The van der Waals surface area contributed by atoms with E-state index in [0.29, 0.717) is 22.6 Å². The smallest absolute Gasteiger partial charge is 0.194 e. The van der Waals surface area contributed by atoms with Crippen molar-refractivity contribution in [2.24, 2.45) is 0 Å². The van der Waals surface area contributed by atoms with Crippen LogP contribution in [0.15, 0.2) is 94.2 Å². The molecule has 4 aromatic rings. The molecular weight excluding hydrogens is 300 g/mol. The monoisotopic (exact) mass is 314 g/mol. The SMILES string of the molecule is O=C(c1ccccc1-c1ccco1)c1ccccc1-c1ccco1. The van der Waals surface area contributed by atoms with Crippen molar-refractivity contribution < 1.29 is 13.6 Å². The van der Waals surface area contributed by atoms with Gasteiger partial charge in [-0.2, -0.15) is 0 Å². The second kappa shape index (κ2) is 6.05. The standard InChI is InChI=1S/C21H14O3/c22-21(17-9-3-1-7-15(17)19-11-5-13-23-19)18-10-4-2-8-16(18)20-12-6-14-24-20/h1-14H. The van der Waals surface area contributed by atoms with Crippen LogP contribution in [0.5, 0.6) is 0 Å². The molecule has 0 radical (unpaired) electrons. The van der Waals surface area contributed by atoms with Crippen LogP contribution < -0.4 is 0 Å². The Morgan fingerprint density at radius 1 is 0.583 bits per heavy atom. The Morgan fingerprint density at radius 2 is 1.04 bits per heavy atom. The van der Waals surface area contributed by atoms with Gasteiger partial charge in [-0.15, -0.1) is 0 Å². The second-order valence-electron chi connectivity index (χ2n) is 5.37. The van der Waals surface area contributed by atoms with Crippen LogP contribution in [0.4, 0.5) is 0 Å². The zero-order valence-electron chi connectivity index (χ0n) is 12.8. The van der Waals surface area contributed by atoms with E-state index in [1.807, 2.05) is 72.8 Å². The maximum absolute atomic E-state index is 13.2. The fraction of sp³-hybridized carbons (Fsp3) is 0. The van der Waals surface area contributed by atoms with E-state index in [4.69, 9.17) is 8.83 Å². The molecule has 0 N–H and O–H groups in total. The molecule has 0 spiro atoms. The molecule has 2 heterocycles. The van der Waals surface area contributed by atoms with Gasteiger partial charge in [-0.05, 0) is 24.3 Å². The molecule has 2 aromatic heterocycles. The van der Waals surface area contributed by atoms with E-state index in [2.05, 4.69) is 0 Å². The largest absolute Gasteiger partial charge is 0.464 e.